The van der Waals surface area contributed by atoms with Crippen molar-refractivity contribution >= 4 is 29.3 Å². The molecule has 0 saturated carbocycles. The van der Waals surface area contributed by atoms with Crippen LogP contribution in [0, 0.1) is 6.92 Å². The Morgan fingerprint density at radius 1 is 1.23 bits per heavy atom. The number of pyridine rings is 1. The van der Waals surface area contributed by atoms with Crippen LogP contribution in [0.25, 0.3) is 17.1 Å². The van der Waals surface area contributed by atoms with Crippen molar-refractivity contribution in [3.8, 4) is 17.1 Å². The molecule has 1 aromatic carbocycles. The second-order valence-electron chi connectivity index (χ2n) is 6.92. The number of nitrogens with zero attached hydrogens (tertiary/aromatic N) is 5. The summed E-state index contributed by atoms with van der Waals surface area (Å²) in [5.41, 5.74) is 3.63. The van der Waals surface area contributed by atoms with Gasteiger partial charge in [0.2, 0.25) is 5.91 Å². The molecule has 0 bridgehead atoms. The third kappa shape index (κ3) is 4.91. The van der Waals surface area contributed by atoms with Gasteiger partial charge in [0.25, 0.3) is 0 Å². The molecule has 6 nitrogen and oxygen atoms in total. The summed E-state index contributed by atoms with van der Waals surface area (Å²) in [7, 11) is 0. The Labute approximate surface area is 186 Å². The van der Waals surface area contributed by atoms with E-state index < -0.39 is 0 Å². The number of halogens is 1. The number of aromatic nitrogens is 4. The molecule has 8 heteroatoms. The number of rotatable bonds is 8. The van der Waals surface area contributed by atoms with Gasteiger partial charge in [0.05, 0.1) is 11.4 Å². The average Bonchev–Trinajstić information content (AvgIpc) is 3.16. The van der Waals surface area contributed by atoms with Gasteiger partial charge in [0.1, 0.15) is 0 Å². The van der Waals surface area contributed by atoms with E-state index in [0.29, 0.717) is 29.1 Å². The van der Waals surface area contributed by atoms with Crippen LogP contribution in [0.2, 0.25) is 5.02 Å². The Morgan fingerprint density at radius 3 is 2.63 bits per heavy atom. The second-order valence-corrected chi connectivity index (χ2v) is 8.26. The van der Waals surface area contributed by atoms with Crippen molar-refractivity contribution in [3.63, 3.8) is 0 Å². The number of carbonyl (C=O) groups excluding carboxylic acids is 1. The van der Waals surface area contributed by atoms with E-state index in [2.05, 4.69) is 21.8 Å². The normalized spacial score (nSPS) is 10.8. The van der Waals surface area contributed by atoms with Crippen molar-refractivity contribution in [3.05, 3.63) is 65.5 Å². The zero-order valence-corrected chi connectivity index (χ0v) is 18.9. The summed E-state index contributed by atoms with van der Waals surface area (Å²) in [5.74, 6) is 0.968. The molecule has 0 aliphatic heterocycles. The Kier molecular flexibility index (Phi) is 7.29. The molecule has 0 aliphatic rings. The third-order valence-corrected chi connectivity index (χ3v) is 5.90. The monoisotopic (exact) mass is 441 g/mol. The standard InChI is InChI=1S/C22H24ClN5OS/c1-5-27(13-15(2)3)20(29)14-30-22-26-25-21(17-9-11-24-12-10-17)28(22)19-8-6-7-18(23)16(19)4/h6-12H,2,5,13-14H2,1,3-4H3. The highest BCUT2D eigenvalue weighted by molar-refractivity contribution is 7.99. The molecule has 0 atom stereocenters. The topological polar surface area (TPSA) is 63.9 Å². The fourth-order valence-electron chi connectivity index (χ4n) is 3.03. The molecule has 2 heterocycles. The number of benzene rings is 1. The van der Waals surface area contributed by atoms with Gasteiger partial charge in [-0.05, 0) is 50.6 Å². The fraction of sp³-hybridized carbons (Fsp3) is 0.273. The van der Waals surface area contributed by atoms with Gasteiger partial charge in [-0.3, -0.25) is 14.3 Å². The van der Waals surface area contributed by atoms with Gasteiger partial charge in [-0.25, -0.2) is 0 Å². The lowest BCUT2D eigenvalue weighted by atomic mass is 10.2. The minimum atomic E-state index is 0.0355. The molecule has 0 spiro atoms. The van der Waals surface area contributed by atoms with Crippen LogP contribution < -0.4 is 0 Å². The number of thioether (sulfide) groups is 1. The van der Waals surface area contributed by atoms with E-state index in [0.717, 1.165) is 22.4 Å². The lowest BCUT2D eigenvalue weighted by Crippen LogP contribution is -2.33. The zero-order chi connectivity index (χ0) is 21.7. The van der Waals surface area contributed by atoms with Crippen LogP contribution in [0.3, 0.4) is 0 Å². The van der Waals surface area contributed by atoms with E-state index in [1.165, 1.54) is 11.8 Å². The van der Waals surface area contributed by atoms with Gasteiger partial charge in [-0.2, -0.15) is 0 Å². The Hall–Kier alpha value is -2.64. The lowest BCUT2D eigenvalue weighted by molar-refractivity contribution is -0.127. The minimum Gasteiger partial charge on any atom is -0.338 e. The van der Waals surface area contributed by atoms with Crippen molar-refractivity contribution in [2.24, 2.45) is 0 Å². The van der Waals surface area contributed by atoms with Gasteiger partial charge in [-0.1, -0.05) is 41.6 Å². The summed E-state index contributed by atoms with van der Waals surface area (Å²) in [6.45, 7) is 10.9. The number of hydrogen-bond donors (Lipinski definition) is 0. The molecule has 2 aromatic heterocycles. The summed E-state index contributed by atoms with van der Waals surface area (Å²) < 4.78 is 1.95. The lowest BCUT2D eigenvalue weighted by Gasteiger charge is -2.20. The van der Waals surface area contributed by atoms with Crippen molar-refractivity contribution in [2.75, 3.05) is 18.8 Å². The van der Waals surface area contributed by atoms with Gasteiger partial charge < -0.3 is 4.90 Å². The number of amides is 1. The summed E-state index contributed by atoms with van der Waals surface area (Å²) >= 11 is 7.74. The largest absolute Gasteiger partial charge is 0.338 e. The maximum atomic E-state index is 12.7. The number of hydrogen-bond acceptors (Lipinski definition) is 5. The zero-order valence-electron chi connectivity index (χ0n) is 17.3. The van der Waals surface area contributed by atoms with Gasteiger partial charge in [0, 0.05) is 36.1 Å². The molecule has 0 aliphatic carbocycles. The molecule has 0 unspecified atom stereocenters. The summed E-state index contributed by atoms with van der Waals surface area (Å²) in [4.78, 5) is 18.6. The van der Waals surface area contributed by atoms with Crippen molar-refractivity contribution in [2.45, 2.75) is 25.9 Å². The van der Waals surface area contributed by atoms with Crippen LogP contribution in [0.5, 0.6) is 0 Å². The summed E-state index contributed by atoms with van der Waals surface area (Å²) in [6, 6.07) is 9.48. The van der Waals surface area contributed by atoms with Crippen LogP contribution in [-0.4, -0.2) is 49.4 Å². The maximum Gasteiger partial charge on any atom is 0.233 e. The van der Waals surface area contributed by atoms with E-state index >= 15 is 0 Å². The maximum absolute atomic E-state index is 12.7. The Bertz CT molecular complexity index is 1050. The second kappa shape index (κ2) is 9.91. The van der Waals surface area contributed by atoms with Gasteiger partial charge >= 0.3 is 0 Å². The number of likely N-dealkylation sites (N-methyl/N-ethyl adjacent to an activating group) is 1. The first-order chi connectivity index (χ1) is 14.4. The van der Waals surface area contributed by atoms with E-state index in [1.807, 2.05) is 55.7 Å². The molecular formula is C22H24ClN5OS. The predicted molar refractivity (Wildman–Crippen MR) is 122 cm³/mol. The molecule has 1 amide bonds. The van der Waals surface area contributed by atoms with Crippen LogP contribution in [0.15, 0.2) is 60.0 Å². The molecule has 0 fully saturated rings. The molecule has 0 saturated heterocycles. The molecule has 0 radical (unpaired) electrons. The fourth-order valence-corrected chi connectivity index (χ4v) is 4.04. The SMILES string of the molecule is C=C(C)CN(CC)C(=O)CSc1nnc(-c2ccncc2)n1-c1cccc(Cl)c1C. The highest BCUT2D eigenvalue weighted by Gasteiger charge is 2.20. The molecule has 0 N–H and O–H groups in total. The van der Waals surface area contributed by atoms with Gasteiger partial charge in [-0.15, -0.1) is 10.2 Å². The first-order valence-electron chi connectivity index (χ1n) is 9.58. The summed E-state index contributed by atoms with van der Waals surface area (Å²) in [5, 5.41) is 10.1. The summed E-state index contributed by atoms with van der Waals surface area (Å²) in [6.07, 6.45) is 3.43. The van der Waals surface area contributed by atoms with E-state index in [4.69, 9.17) is 11.6 Å². The van der Waals surface area contributed by atoms with Crippen LogP contribution in [0.4, 0.5) is 0 Å². The molecule has 30 heavy (non-hydrogen) atoms. The first kappa shape index (κ1) is 22.1. The molecule has 156 valence electrons. The van der Waals surface area contributed by atoms with E-state index in [-0.39, 0.29) is 11.7 Å². The average molecular weight is 442 g/mol. The highest BCUT2D eigenvalue weighted by atomic mass is 35.5. The quantitative estimate of drug-likeness (QED) is 0.371. The van der Waals surface area contributed by atoms with Crippen molar-refractivity contribution in [1.82, 2.24) is 24.6 Å². The minimum absolute atomic E-state index is 0.0355. The molecule has 3 rings (SSSR count). The van der Waals surface area contributed by atoms with Crippen LogP contribution in [0.1, 0.15) is 19.4 Å². The Balaban J connectivity index is 1.97. The first-order valence-corrected chi connectivity index (χ1v) is 10.9. The van der Waals surface area contributed by atoms with Crippen molar-refractivity contribution < 1.29 is 4.79 Å². The van der Waals surface area contributed by atoms with E-state index in [1.54, 1.807) is 17.3 Å². The predicted octanol–water partition coefficient (Wildman–Crippen LogP) is 4.81. The Morgan fingerprint density at radius 2 is 1.97 bits per heavy atom. The highest BCUT2D eigenvalue weighted by Crippen LogP contribution is 2.31. The third-order valence-electron chi connectivity index (χ3n) is 4.57. The number of carbonyl (C=O) groups is 1. The van der Waals surface area contributed by atoms with Gasteiger partial charge in [0.15, 0.2) is 11.0 Å². The van der Waals surface area contributed by atoms with Crippen LogP contribution >= 0.6 is 23.4 Å². The van der Waals surface area contributed by atoms with Crippen LogP contribution in [-0.2, 0) is 4.79 Å². The van der Waals surface area contributed by atoms with E-state index in [9.17, 15) is 4.79 Å². The smallest absolute Gasteiger partial charge is 0.233 e. The van der Waals surface area contributed by atoms with Crippen molar-refractivity contribution in [1.29, 1.82) is 0 Å². The molecule has 3 aromatic rings. The molecular weight excluding hydrogens is 418 g/mol.